The van der Waals surface area contributed by atoms with Crippen molar-refractivity contribution in [3.63, 3.8) is 0 Å². The third-order valence-corrected chi connectivity index (χ3v) is 13.2. The number of rotatable bonds is 6. The number of aromatic nitrogens is 1. The van der Waals surface area contributed by atoms with E-state index in [1.54, 1.807) is 0 Å². The molecular weight excluding hydrogens is 553 g/mol. The van der Waals surface area contributed by atoms with E-state index in [1.165, 1.54) is 66.7 Å². The molecule has 0 fully saturated rings. The Kier molecular flexibility index (Phi) is 7.12. The Bertz CT molecular complexity index is 1870. The monoisotopic (exact) mass is 590 g/mol. The van der Waals surface area contributed by atoms with Crippen LogP contribution >= 0.6 is 10.0 Å². The lowest BCUT2D eigenvalue weighted by atomic mass is 10.00. The van der Waals surface area contributed by atoms with E-state index in [9.17, 15) is 0 Å². The van der Waals surface area contributed by atoms with Crippen LogP contribution in [0.15, 0.2) is 165 Å². The molecule has 3 heteroatoms. The minimum Gasteiger partial charge on any atom is -0.370 e. The fourth-order valence-electron chi connectivity index (χ4n) is 7.40. The quantitative estimate of drug-likeness (QED) is 0.195. The van der Waals surface area contributed by atoms with Crippen molar-refractivity contribution in [2.75, 3.05) is 0 Å². The highest BCUT2D eigenvalue weighted by molar-refractivity contribution is 8.36. The Morgan fingerprint density at radius 3 is 2.14 bits per heavy atom. The van der Waals surface area contributed by atoms with Gasteiger partial charge in [-0.05, 0) is 86.2 Å². The van der Waals surface area contributed by atoms with Crippen molar-refractivity contribution in [2.24, 2.45) is 0 Å². The molecule has 0 spiro atoms. The van der Waals surface area contributed by atoms with E-state index < -0.39 is 10.0 Å². The summed E-state index contributed by atoms with van der Waals surface area (Å²) in [6.45, 7) is 0. The number of benzene rings is 4. The van der Waals surface area contributed by atoms with E-state index in [4.69, 9.17) is 0 Å². The van der Waals surface area contributed by atoms with E-state index in [0.717, 1.165) is 12.8 Å². The third-order valence-electron chi connectivity index (χ3n) is 9.40. The molecule has 44 heavy (non-hydrogen) atoms. The Labute approximate surface area is 262 Å². The van der Waals surface area contributed by atoms with Crippen LogP contribution in [0.3, 0.4) is 0 Å². The van der Waals surface area contributed by atoms with Crippen molar-refractivity contribution in [3.05, 3.63) is 168 Å². The first-order valence-electron chi connectivity index (χ1n) is 16.0. The smallest absolute Gasteiger partial charge is 0.0705 e. The lowest BCUT2D eigenvalue weighted by Gasteiger charge is -2.45. The lowest BCUT2D eigenvalue weighted by molar-refractivity contribution is 0.515. The maximum atomic E-state index is 4.06. The van der Waals surface area contributed by atoms with Crippen molar-refractivity contribution in [3.8, 4) is 0 Å². The van der Waals surface area contributed by atoms with Crippen LogP contribution in [-0.2, 0) is 6.42 Å². The van der Waals surface area contributed by atoms with E-state index >= 15 is 0 Å². The Morgan fingerprint density at radius 2 is 1.43 bits per heavy atom. The first-order valence-corrected chi connectivity index (χ1v) is 17.6. The van der Waals surface area contributed by atoms with E-state index in [0.29, 0.717) is 6.04 Å². The number of fused-ring (bicyclic) bond motifs is 3. The highest BCUT2D eigenvalue weighted by atomic mass is 32.3. The van der Waals surface area contributed by atoms with Gasteiger partial charge in [0.25, 0.3) is 0 Å². The molecule has 218 valence electrons. The fourth-order valence-corrected chi connectivity index (χ4v) is 11.3. The van der Waals surface area contributed by atoms with Gasteiger partial charge in [0.05, 0.1) is 17.1 Å². The standard InChI is InChI=1S/C41H38N2S/c1-5-16-31(17-6-1)38-25-15-27-41(42-38)44(33-20-9-3-10-21-33,34-22-11-4-12-23-34)35-28-29-40-37(30-35)36-24-13-14-26-39(36)43(40)32-18-7-2-8-19-32/h1,3-7,9-13,15-18,20-25,27-30,32,38,42H,2,8,14,19,26H2. The number of hydrogen-bond acceptors (Lipinski definition) is 1. The molecule has 8 rings (SSSR count). The average molecular weight is 591 g/mol. The van der Waals surface area contributed by atoms with Crippen LogP contribution in [0.25, 0.3) is 17.0 Å². The molecule has 3 aliphatic rings. The molecule has 1 aromatic heterocycles. The predicted molar refractivity (Wildman–Crippen MR) is 186 cm³/mol. The van der Waals surface area contributed by atoms with Crippen molar-refractivity contribution in [2.45, 2.75) is 58.9 Å². The lowest BCUT2D eigenvalue weighted by Crippen LogP contribution is -2.25. The molecular formula is C41H38N2S. The maximum absolute atomic E-state index is 4.06. The summed E-state index contributed by atoms with van der Waals surface area (Å²) < 4.78 is 2.67. The Hall–Kier alpha value is -4.47. The minimum atomic E-state index is -1.86. The predicted octanol–water partition coefficient (Wildman–Crippen LogP) is 10.9. The number of hydrogen-bond donors (Lipinski definition) is 1. The highest BCUT2D eigenvalue weighted by Gasteiger charge is 2.37. The van der Waals surface area contributed by atoms with Crippen molar-refractivity contribution in [1.29, 1.82) is 0 Å². The summed E-state index contributed by atoms with van der Waals surface area (Å²) in [4.78, 5) is 4.04. The molecule has 0 amide bonds. The average Bonchev–Trinajstić information content (AvgIpc) is 3.44. The van der Waals surface area contributed by atoms with Gasteiger partial charge in [-0.3, -0.25) is 0 Å². The number of dihydropyridines is 1. The maximum Gasteiger partial charge on any atom is 0.0705 e. The van der Waals surface area contributed by atoms with Gasteiger partial charge < -0.3 is 9.88 Å². The summed E-state index contributed by atoms with van der Waals surface area (Å²) >= 11 is 0. The molecule has 1 aliphatic heterocycles. The SMILES string of the molecule is C1=CC(c2ccccc2)NC(S(c2ccccc2)(c2ccccc2)c2ccc3c(c2)c2c(n3C3C=CCCC3)CCC=C2)=C1. The number of nitrogens with one attached hydrogen (secondary N) is 1. The number of allylic oxidation sites excluding steroid dienone is 5. The second kappa shape index (κ2) is 11.6. The van der Waals surface area contributed by atoms with Gasteiger partial charge in [-0.25, -0.2) is 0 Å². The zero-order valence-corrected chi connectivity index (χ0v) is 25.8. The van der Waals surface area contributed by atoms with Crippen LogP contribution in [0.5, 0.6) is 0 Å². The van der Waals surface area contributed by atoms with E-state index in [1.807, 2.05) is 0 Å². The molecule has 2 heterocycles. The molecule has 0 radical (unpaired) electrons. The molecule has 0 saturated heterocycles. The fraction of sp³-hybridized carbons (Fsp3) is 0.171. The highest BCUT2D eigenvalue weighted by Crippen LogP contribution is 2.73. The largest absolute Gasteiger partial charge is 0.370 e. The summed E-state index contributed by atoms with van der Waals surface area (Å²) in [6.07, 6.45) is 22.3. The van der Waals surface area contributed by atoms with Gasteiger partial charge in [-0.2, -0.15) is 0 Å². The zero-order chi connectivity index (χ0) is 29.3. The third kappa shape index (κ3) is 4.50. The number of nitrogens with zero attached hydrogens (tertiary/aromatic N) is 1. The second-order valence-electron chi connectivity index (χ2n) is 12.0. The molecule has 0 bridgehead atoms. The molecule has 2 atom stereocenters. The zero-order valence-electron chi connectivity index (χ0n) is 25.0. The molecule has 2 nitrogen and oxygen atoms in total. The van der Waals surface area contributed by atoms with Gasteiger partial charge in [-0.1, -0.05) is 103 Å². The van der Waals surface area contributed by atoms with Gasteiger partial charge >= 0.3 is 0 Å². The van der Waals surface area contributed by atoms with E-state index in [-0.39, 0.29) is 6.04 Å². The molecule has 4 aromatic carbocycles. The van der Waals surface area contributed by atoms with Crippen LogP contribution in [0.4, 0.5) is 0 Å². The van der Waals surface area contributed by atoms with Crippen LogP contribution in [0.2, 0.25) is 0 Å². The molecule has 2 unspecified atom stereocenters. The first kappa shape index (κ1) is 27.1. The summed E-state index contributed by atoms with van der Waals surface area (Å²) in [5.41, 5.74) is 5.55. The Morgan fingerprint density at radius 1 is 0.705 bits per heavy atom. The normalized spacial score (nSPS) is 19.8. The van der Waals surface area contributed by atoms with Crippen molar-refractivity contribution >= 4 is 27.0 Å². The summed E-state index contributed by atoms with van der Waals surface area (Å²) in [5, 5.41) is 6.70. The summed E-state index contributed by atoms with van der Waals surface area (Å²) in [7, 11) is -1.86. The van der Waals surface area contributed by atoms with Gasteiger partial charge in [0.2, 0.25) is 0 Å². The minimum absolute atomic E-state index is 0.106. The summed E-state index contributed by atoms with van der Waals surface area (Å²) in [5.74, 6) is 0. The van der Waals surface area contributed by atoms with Crippen LogP contribution in [-0.4, -0.2) is 4.57 Å². The van der Waals surface area contributed by atoms with Crippen molar-refractivity contribution in [1.82, 2.24) is 9.88 Å². The Balaban J connectivity index is 1.39. The van der Waals surface area contributed by atoms with E-state index in [2.05, 4.69) is 162 Å². The van der Waals surface area contributed by atoms with Gasteiger partial charge in [0.1, 0.15) is 0 Å². The van der Waals surface area contributed by atoms with Crippen LogP contribution in [0.1, 0.15) is 54.6 Å². The van der Waals surface area contributed by atoms with Gasteiger partial charge in [0, 0.05) is 36.8 Å². The molecule has 1 N–H and O–H groups in total. The topological polar surface area (TPSA) is 17.0 Å². The summed E-state index contributed by atoms with van der Waals surface area (Å²) in [6, 6.07) is 41.1. The molecule has 2 aliphatic carbocycles. The van der Waals surface area contributed by atoms with Gasteiger partial charge in [0.15, 0.2) is 0 Å². The second-order valence-corrected chi connectivity index (χ2v) is 15.0. The first-order chi connectivity index (χ1) is 21.8. The van der Waals surface area contributed by atoms with Gasteiger partial charge in [-0.15, -0.1) is 10.0 Å². The molecule has 0 saturated carbocycles. The van der Waals surface area contributed by atoms with Crippen LogP contribution < -0.4 is 5.32 Å². The molecule has 5 aromatic rings. The van der Waals surface area contributed by atoms with Crippen LogP contribution in [0, 0.1) is 0 Å². The van der Waals surface area contributed by atoms with Crippen molar-refractivity contribution < 1.29 is 0 Å².